The van der Waals surface area contributed by atoms with Gasteiger partial charge in [0.05, 0.1) is 5.75 Å². The highest BCUT2D eigenvalue weighted by molar-refractivity contribution is 7.91. The molecule has 2 unspecified atom stereocenters. The fraction of sp³-hybridized carbons (Fsp3) is 0.909. The van der Waals surface area contributed by atoms with Crippen molar-refractivity contribution >= 4 is 9.84 Å². The van der Waals surface area contributed by atoms with Crippen LogP contribution in [0.1, 0.15) is 99.3 Å². The molecular weight excluding hydrogens is 328 g/mol. The summed E-state index contributed by atoms with van der Waals surface area (Å²) in [5.74, 6) is 2.95. The maximum absolute atomic E-state index is 11.5. The van der Waals surface area contributed by atoms with Crippen LogP contribution in [0.3, 0.4) is 0 Å². The Hall–Kier alpha value is -0.310. The van der Waals surface area contributed by atoms with Crippen LogP contribution in [0.25, 0.3) is 0 Å². The molecule has 0 heterocycles. The number of hydrogen-bond donors (Lipinski definition) is 0. The van der Waals surface area contributed by atoms with Crippen LogP contribution >= 0.6 is 0 Å². The minimum Gasteiger partial charge on any atom is -0.229 e. The molecule has 0 aromatic heterocycles. The molecule has 0 fully saturated rings. The van der Waals surface area contributed by atoms with Gasteiger partial charge in [-0.15, -0.1) is 0 Å². The van der Waals surface area contributed by atoms with Gasteiger partial charge in [0.1, 0.15) is 0 Å². The number of hydrogen-bond acceptors (Lipinski definition) is 2. The maximum Gasteiger partial charge on any atom is 0.153 e. The molecule has 0 radical (unpaired) electrons. The fourth-order valence-corrected chi connectivity index (χ4v) is 3.97. The molecule has 2 nitrogen and oxygen atoms in total. The van der Waals surface area contributed by atoms with Crippen LogP contribution in [0.2, 0.25) is 0 Å². The smallest absolute Gasteiger partial charge is 0.153 e. The van der Waals surface area contributed by atoms with E-state index in [-0.39, 0.29) is 11.5 Å². The summed E-state index contributed by atoms with van der Waals surface area (Å²) in [5, 5.41) is 0. The molecule has 0 aliphatic rings. The molecule has 0 spiro atoms. The van der Waals surface area contributed by atoms with Gasteiger partial charge in [0.2, 0.25) is 0 Å². The monoisotopic (exact) mass is 372 g/mol. The van der Waals surface area contributed by atoms with Crippen molar-refractivity contribution in [3.8, 4) is 0 Å². The average Bonchev–Trinajstić information content (AvgIpc) is 2.52. The maximum atomic E-state index is 11.5. The molecule has 0 N–H and O–H groups in total. The van der Waals surface area contributed by atoms with E-state index in [0.29, 0.717) is 0 Å². The third-order valence-corrected chi connectivity index (χ3v) is 6.82. The SMILES string of the molecule is CCS(=O)(=O)CC=C(C)CCCC(C)CCCC(C)CCCC(C)C. The molecule has 0 bridgehead atoms. The first-order chi connectivity index (χ1) is 11.7. The second-order valence-electron chi connectivity index (χ2n) is 8.61. The van der Waals surface area contributed by atoms with Gasteiger partial charge >= 0.3 is 0 Å². The van der Waals surface area contributed by atoms with Crippen LogP contribution in [-0.2, 0) is 9.84 Å². The molecular formula is C22H44O2S. The molecule has 3 heteroatoms. The van der Waals surface area contributed by atoms with E-state index in [9.17, 15) is 8.42 Å². The van der Waals surface area contributed by atoms with Crippen molar-refractivity contribution in [3.63, 3.8) is 0 Å². The number of rotatable bonds is 15. The van der Waals surface area contributed by atoms with Crippen molar-refractivity contribution < 1.29 is 8.42 Å². The quantitative estimate of drug-likeness (QED) is 0.296. The van der Waals surface area contributed by atoms with Gasteiger partial charge in [-0.1, -0.05) is 91.2 Å². The van der Waals surface area contributed by atoms with Gasteiger partial charge in [-0.2, -0.15) is 0 Å². The van der Waals surface area contributed by atoms with E-state index in [1.165, 1.54) is 56.9 Å². The van der Waals surface area contributed by atoms with Gasteiger partial charge in [-0.3, -0.25) is 0 Å². The first-order valence-electron chi connectivity index (χ1n) is 10.5. The highest BCUT2D eigenvalue weighted by atomic mass is 32.2. The summed E-state index contributed by atoms with van der Waals surface area (Å²) >= 11 is 0. The van der Waals surface area contributed by atoms with E-state index in [1.54, 1.807) is 6.92 Å². The average molecular weight is 373 g/mol. The minimum absolute atomic E-state index is 0.208. The van der Waals surface area contributed by atoms with E-state index in [0.717, 1.165) is 24.2 Å². The first-order valence-corrected chi connectivity index (χ1v) is 12.3. The predicted molar refractivity (Wildman–Crippen MR) is 113 cm³/mol. The Morgan fingerprint density at radius 3 is 1.80 bits per heavy atom. The minimum atomic E-state index is -2.86. The van der Waals surface area contributed by atoms with Crippen molar-refractivity contribution in [2.24, 2.45) is 17.8 Å². The molecule has 0 aliphatic carbocycles. The summed E-state index contributed by atoms with van der Waals surface area (Å²) in [5.41, 5.74) is 1.22. The summed E-state index contributed by atoms with van der Waals surface area (Å²) in [4.78, 5) is 0. The number of allylic oxidation sites excluding steroid dienone is 1. The molecule has 2 atom stereocenters. The summed E-state index contributed by atoms with van der Waals surface area (Å²) in [6, 6.07) is 0. The zero-order chi connectivity index (χ0) is 19.3. The Balaban J connectivity index is 3.76. The zero-order valence-corrected chi connectivity index (χ0v) is 18.6. The highest BCUT2D eigenvalue weighted by Crippen LogP contribution is 2.22. The van der Waals surface area contributed by atoms with Crippen molar-refractivity contribution in [1.82, 2.24) is 0 Å². The molecule has 0 saturated carbocycles. The molecule has 0 aliphatic heterocycles. The third kappa shape index (κ3) is 15.6. The fourth-order valence-electron chi connectivity index (χ4n) is 3.20. The van der Waals surface area contributed by atoms with Crippen LogP contribution in [0.15, 0.2) is 11.6 Å². The van der Waals surface area contributed by atoms with E-state index < -0.39 is 9.84 Å². The van der Waals surface area contributed by atoms with Crippen molar-refractivity contribution in [2.45, 2.75) is 99.3 Å². The van der Waals surface area contributed by atoms with Crippen LogP contribution < -0.4 is 0 Å². The molecule has 25 heavy (non-hydrogen) atoms. The molecule has 0 aromatic rings. The van der Waals surface area contributed by atoms with Gasteiger partial charge in [-0.25, -0.2) is 8.42 Å². The van der Waals surface area contributed by atoms with E-state index >= 15 is 0 Å². The Kier molecular flexibility index (Phi) is 13.7. The van der Waals surface area contributed by atoms with Crippen LogP contribution in [0.4, 0.5) is 0 Å². The molecule has 0 rings (SSSR count). The van der Waals surface area contributed by atoms with Crippen LogP contribution in [-0.4, -0.2) is 19.9 Å². The lowest BCUT2D eigenvalue weighted by molar-refractivity contribution is 0.389. The highest BCUT2D eigenvalue weighted by Gasteiger charge is 2.07. The van der Waals surface area contributed by atoms with Gasteiger partial charge in [-0.05, 0) is 37.5 Å². The zero-order valence-electron chi connectivity index (χ0n) is 17.8. The third-order valence-electron chi connectivity index (χ3n) is 5.27. The Morgan fingerprint density at radius 1 is 0.840 bits per heavy atom. The van der Waals surface area contributed by atoms with Crippen molar-refractivity contribution in [1.29, 1.82) is 0 Å². The van der Waals surface area contributed by atoms with Gasteiger partial charge in [0.25, 0.3) is 0 Å². The van der Waals surface area contributed by atoms with Gasteiger partial charge in [0.15, 0.2) is 9.84 Å². The lowest BCUT2D eigenvalue weighted by Gasteiger charge is -2.15. The molecule has 0 amide bonds. The molecule has 0 aromatic carbocycles. The topological polar surface area (TPSA) is 34.1 Å². The van der Waals surface area contributed by atoms with Gasteiger partial charge in [0, 0.05) is 5.75 Å². The number of sulfone groups is 1. The Bertz CT molecular complexity index is 449. The normalized spacial score (nSPS) is 15.6. The lowest BCUT2D eigenvalue weighted by Crippen LogP contribution is -2.06. The van der Waals surface area contributed by atoms with E-state index in [4.69, 9.17) is 0 Å². The first kappa shape index (κ1) is 24.7. The standard InChI is InChI=1S/C22H44O2S/c1-7-25(23,24)18-17-22(6)16-10-15-21(5)14-9-13-20(4)12-8-11-19(2)3/h17,19-21H,7-16,18H2,1-6H3. The predicted octanol–water partition coefficient (Wildman–Crippen LogP) is 6.81. The summed E-state index contributed by atoms with van der Waals surface area (Å²) in [7, 11) is -2.86. The summed E-state index contributed by atoms with van der Waals surface area (Å²) in [6.45, 7) is 13.2. The lowest BCUT2D eigenvalue weighted by atomic mass is 9.91. The van der Waals surface area contributed by atoms with E-state index in [2.05, 4.69) is 34.6 Å². The Morgan fingerprint density at radius 2 is 1.32 bits per heavy atom. The Labute approximate surface area is 158 Å². The second-order valence-corrected chi connectivity index (χ2v) is 11.0. The van der Waals surface area contributed by atoms with Crippen LogP contribution in [0, 0.1) is 17.8 Å². The van der Waals surface area contributed by atoms with Gasteiger partial charge < -0.3 is 0 Å². The van der Waals surface area contributed by atoms with Crippen LogP contribution in [0.5, 0.6) is 0 Å². The van der Waals surface area contributed by atoms with Crippen molar-refractivity contribution in [2.75, 3.05) is 11.5 Å². The largest absolute Gasteiger partial charge is 0.229 e. The molecule has 0 saturated heterocycles. The summed E-state index contributed by atoms with van der Waals surface area (Å²) in [6.07, 6.45) is 13.6. The molecule has 150 valence electrons. The van der Waals surface area contributed by atoms with Crippen molar-refractivity contribution in [3.05, 3.63) is 11.6 Å². The van der Waals surface area contributed by atoms with E-state index in [1.807, 2.05) is 6.08 Å². The summed E-state index contributed by atoms with van der Waals surface area (Å²) < 4.78 is 23.0. The second kappa shape index (κ2) is 13.8.